The zero-order chi connectivity index (χ0) is 30.0. The second-order valence-corrected chi connectivity index (χ2v) is 10.4. The molecule has 1 fully saturated rings. The van der Waals surface area contributed by atoms with E-state index in [0.29, 0.717) is 41.4 Å². The number of hydrogen-bond acceptors (Lipinski definition) is 6. The first-order chi connectivity index (χ1) is 20.2. The number of likely N-dealkylation sites (tertiary alicyclic amines) is 1. The highest BCUT2D eigenvalue weighted by Gasteiger charge is 2.33. The number of nitrogens with zero attached hydrogens (tertiary/aromatic N) is 2. The van der Waals surface area contributed by atoms with Gasteiger partial charge in [-0.2, -0.15) is 0 Å². The van der Waals surface area contributed by atoms with E-state index in [2.05, 4.69) is 10.3 Å². The molecule has 0 unspecified atom stereocenters. The largest absolute Gasteiger partial charge is 0.496 e. The van der Waals surface area contributed by atoms with Gasteiger partial charge in [-0.1, -0.05) is 30.3 Å². The van der Waals surface area contributed by atoms with E-state index >= 15 is 4.39 Å². The number of benzene rings is 3. The van der Waals surface area contributed by atoms with Gasteiger partial charge in [-0.25, -0.2) is 9.37 Å². The van der Waals surface area contributed by atoms with Gasteiger partial charge < -0.3 is 19.9 Å². The normalized spacial score (nSPS) is 13.4. The van der Waals surface area contributed by atoms with Crippen LogP contribution in [0.25, 0.3) is 22.3 Å². The number of aromatic nitrogens is 1. The molecule has 5 rings (SSSR count). The maximum absolute atomic E-state index is 15.8. The van der Waals surface area contributed by atoms with Crippen LogP contribution in [0.4, 0.5) is 10.1 Å². The molecule has 1 aliphatic rings. The van der Waals surface area contributed by atoms with Crippen molar-refractivity contribution in [2.24, 2.45) is 5.92 Å². The number of halogens is 1. The number of rotatable bonds is 9. The van der Waals surface area contributed by atoms with Crippen LogP contribution >= 0.6 is 0 Å². The average Bonchev–Trinajstić information content (AvgIpc) is 2.97. The second-order valence-electron chi connectivity index (χ2n) is 10.4. The van der Waals surface area contributed by atoms with Crippen molar-refractivity contribution in [2.75, 3.05) is 32.6 Å². The Balaban J connectivity index is 1.42. The molecule has 8 nitrogen and oxygen atoms in total. The van der Waals surface area contributed by atoms with Gasteiger partial charge in [0.25, 0.3) is 5.91 Å². The van der Waals surface area contributed by atoms with Crippen LogP contribution in [-0.2, 0) is 11.3 Å². The maximum atomic E-state index is 15.8. The Morgan fingerprint density at radius 1 is 0.976 bits per heavy atom. The van der Waals surface area contributed by atoms with Gasteiger partial charge in [0.2, 0.25) is 0 Å². The summed E-state index contributed by atoms with van der Waals surface area (Å²) in [5, 5.41) is 12.1. The fourth-order valence-electron chi connectivity index (χ4n) is 5.30. The molecule has 9 heteroatoms. The summed E-state index contributed by atoms with van der Waals surface area (Å²) in [6, 6.07) is 18.5. The van der Waals surface area contributed by atoms with Crippen LogP contribution in [0.1, 0.15) is 27.2 Å². The van der Waals surface area contributed by atoms with E-state index in [9.17, 15) is 14.7 Å². The van der Waals surface area contributed by atoms with E-state index < -0.39 is 11.9 Å². The summed E-state index contributed by atoms with van der Waals surface area (Å²) in [5.74, 6) is -0.955. The molecule has 0 radical (unpaired) electrons. The number of aliphatic carboxylic acids is 1. The van der Waals surface area contributed by atoms with Crippen LogP contribution in [0, 0.1) is 25.6 Å². The summed E-state index contributed by atoms with van der Waals surface area (Å²) in [6.07, 6.45) is 1.49. The van der Waals surface area contributed by atoms with Crippen molar-refractivity contribution in [2.45, 2.75) is 20.4 Å². The fourth-order valence-corrected chi connectivity index (χ4v) is 5.30. The maximum Gasteiger partial charge on any atom is 0.309 e. The number of nitrogens with one attached hydrogen (secondary N) is 1. The fraction of sp³-hybridized carbons (Fsp3) is 0.242. The molecule has 4 aromatic rings. The first-order valence-electron chi connectivity index (χ1n) is 13.5. The topological polar surface area (TPSA) is 101 Å². The monoisotopic (exact) mass is 569 g/mol. The molecule has 1 amide bonds. The number of ether oxygens (including phenoxy) is 2. The predicted molar refractivity (Wildman–Crippen MR) is 158 cm³/mol. The molecule has 0 spiro atoms. The molecule has 1 aliphatic heterocycles. The summed E-state index contributed by atoms with van der Waals surface area (Å²) in [4.78, 5) is 30.0. The Morgan fingerprint density at radius 3 is 2.38 bits per heavy atom. The summed E-state index contributed by atoms with van der Waals surface area (Å²) in [7, 11) is 3.05. The zero-order valence-electron chi connectivity index (χ0n) is 23.9. The van der Waals surface area contributed by atoms with Gasteiger partial charge in [0.05, 0.1) is 26.3 Å². The Morgan fingerprint density at radius 2 is 1.71 bits per heavy atom. The van der Waals surface area contributed by atoms with Crippen molar-refractivity contribution < 1.29 is 28.6 Å². The number of carboxylic acids is 1. The molecule has 1 saturated heterocycles. The number of anilines is 1. The van der Waals surface area contributed by atoms with Crippen LogP contribution in [0.15, 0.2) is 66.9 Å². The number of methoxy groups -OCH3 is 2. The molecule has 2 heterocycles. The summed E-state index contributed by atoms with van der Waals surface area (Å²) in [5.41, 5.74) is 6.16. The number of hydrogen-bond donors (Lipinski definition) is 2. The molecule has 3 aromatic carbocycles. The lowest BCUT2D eigenvalue weighted by atomic mass is 9.89. The number of carbonyl (C=O) groups is 2. The van der Waals surface area contributed by atoms with Gasteiger partial charge in [-0.3, -0.25) is 14.5 Å². The SMILES string of the molecule is COc1ccc(C(=O)Nc2cccc(-c3cccc(-c4cc(OC)c(CN5CC(C(=O)O)C5)c(F)c4C)c3C)c2)nc1. The van der Waals surface area contributed by atoms with Crippen LogP contribution in [0.2, 0.25) is 0 Å². The molecule has 42 heavy (non-hydrogen) atoms. The van der Waals surface area contributed by atoms with Crippen LogP contribution < -0.4 is 14.8 Å². The van der Waals surface area contributed by atoms with Gasteiger partial charge in [0, 0.05) is 30.9 Å². The first-order valence-corrected chi connectivity index (χ1v) is 13.5. The van der Waals surface area contributed by atoms with Crippen molar-refractivity contribution in [1.29, 1.82) is 0 Å². The van der Waals surface area contributed by atoms with Crippen LogP contribution in [-0.4, -0.2) is 54.2 Å². The van der Waals surface area contributed by atoms with Crippen molar-refractivity contribution in [3.05, 3.63) is 95.1 Å². The lowest BCUT2D eigenvalue weighted by Gasteiger charge is -2.37. The van der Waals surface area contributed by atoms with E-state index in [-0.39, 0.29) is 24.0 Å². The van der Waals surface area contributed by atoms with E-state index in [0.717, 1.165) is 27.8 Å². The number of carboxylic acid groups (broad SMARTS) is 1. The van der Waals surface area contributed by atoms with Crippen molar-refractivity contribution >= 4 is 17.6 Å². The third-order valence-electron chi connectivity index (χ3n) is 7.74. The minimum atomic E-state index is -0.831. The third-order valence-corrected chi connectivity index (χ3v) is 7.74. The molecular formula is C33H32FN3O5. The molecule has 0 saturated carbocycles. The Bertz CT molecular complexity index is 1650. The Labute approximate surface area is 243 Å². The first kappa shape index (κ1) is 28.8. The van der Waals surface area contributed by atoms with E-state index in [1.807, 2.05) is 60.4 Å². The summed E-state index contributed by atoms with van der Waals surface area (Å²) >= 11 is 0. The van der Waals surface area contributed by atoms with Gasteiger partial charge >= 0.3 is 5.97 Å². The smallest absolute Gasteiger partial charge is 0.309 e. The van der Waals surface area contributed by atoms with Crippen LogP contribution in [0.3, 0.4) is 0 Å². The molecule has 2 N–H and O–H groups in total. The van der Waals surface area contributed by atoms with Crippen molar-refractivity contribution in [3.63, 3.8) is 0 Å². The Hall–Kier alpha value is -4.76. The second kappa shape index (κ2) is 12.0. The van der Waals surface area contributed by atoms with Gasteiger partial charge in [-0.15, -0.1) is 0 Å². The molecule has 0 aliphatic carbocycles. The lowest BCUT2D eigenvalue weighted by Crippen LogP contribution is -2.49. The molecule has 0 bridgehead atoms. The molecular weight excluding hydrogens is 537 g/mol. The summed E-state index contributed by atoms with van der Waals surface area (Å²) < 4.78 is 26.5. The quantitative estimate of drug-likeness (QED) is 0.257. The van der Waals surface area contributed by atoms with Gasteiger partial charge in [-0.05, 0) is 77.6 Å². The minimum absolute atomic E-state index is 0.269. The lowest BCUT2D eigenvalue weighted by molar-refractivity contribution is -0.147. The highest BCUT2D eigenvalue weighted by atomic mass is 19.1. The predicted octanol–water partition coefficient (Wildman–Crippen LogP) is 5.96. The highest BCUT2D eigenvalue weighted by molar-refractivity contribution is 6.03. The molecule has 216 valence electrons. The van der Waals surface area contributed by atoms with Crippen molar-refractivity contribution in [1.82, 2.24) is 9.88 Å². The molecule has 1 aromatic heterocycles. The van der Waals surface area contributed by atoms with E-state index in [4.69, 9.17) is 9.47 Å². The highest BCUT2D eigenvalue weighted by Crippen LogP contribution is 2.39. The average molecular weight is 570 g/mol. The van der Waals surface area contributed by atoms with Crippen molar-refractivity contribution in [3.8, 4) is 33.8 Å². The van der Waals surface area contributed by atoms with Crippen LogP contribution in [0.5, 0.6) is 11.5 Å². The van der Waals surface area contributed by atoms with E-state index in [1.165, 1.54) is 20.4 Å². The van der Waals surface area contributed by atoms with Gasteiger partial charge in [0.15, 0.2) is 0 Å². The van der Waals surface area contributed by atoms with E-state index in [1.54, 1.807) is 19.1 Å². The minimum Gasteiger partial charge on any atom is -0.496 e. The zero-order valence-corrected chi connectivity index (χ0v) is 23.9. The Kier molecular flexibility index (Phi) is 8.22. The third kappa shape index (κ3) is 5.69. The number of carbonyl (C=O) groups excluding carboxylic acids is 1. The number of pyridine rings is 1. The number of amides is 1. The summed E-state index contributed by atoms with van der Waals surface area (Å²) in [6.45, 7) is 4.79. The van der Waals surface area contributed by atoms with Gasteiger partial charge in [0.1, 0.15) is 23.0 Å². The standard InChI is InChI=1S/C33H32FN3O5/c1-19-25(21-7-5-8-23(13-21)36-32(38)29-12-11-24(41-3)15-35-29)9-6-10-26(19)27-14-30(42-4)28(31(34)20(27)2)18-37-16-22(17-37)33(39)40/h5-15,22H,16-18H2,1-4H3,(H,36,38)(H,39,40). The molecule has 0 atom stereocenters.